The number of rotatable bonds is 9. The van der Waals surface area contributed by atoms with Gasteiger partial charge in [-0.25, -0.2) is 29.9 Å². The smallest absolute Gasteiger partial charge is 0.164 e. The molecule has 0 atom stereocenters. The van der Waals surface area contributed by atoms with Crippen LogP contribution in [0.4, 0.5) is 0 Å². The molecule has 0 bridgehead atoms. The molecule has 0 saturated heterocycles. The van der Waals surface area contributed by atoms with Crippen LogP contribution in [0.5, 0.6) is 0 Å². The van der Waals surface area contributed by atoms with E-state index in [-0.39, 0.29) is 0 Å². The van der Waals surface area contributed by atoms with Crippen LogP contribution < -0.4 is 0 Å². The minimum atomic E-state index is 0.642. The first kappa shape index (κ1) is 49.2. The fraction of sp³-hybridized carbons (Fsp3) is 0.0141. The summed E-state index contributed by atoms with van der Waals surface area (Å²) in [6.45, 7) is 8.61. The molecule has 0 fully saturated rings. The second kappa shape index (κ2) is 22.3. The molecular formula is C71H52N8. The summed E-state index contributed by atoms with van der Waals surface area (Å²) in [5, 5.41) is 6.18. The van der Waals surface area contributed by atoms with Gasteiger partial charge in [0.15, 0.2) is 29.1 Å². The summed E-state index contributed by atoms with van der Waals surface area (Å²) in [4.78, 5) is 28.1. The van der Waals surface area contributed by atoms with Crippen LogP contribution in [-0.2, 0) is 0 Å². The van der Waals surface area contributed by atoms with Gasteiger partial charge in [-0.2, -0.15) is 0 Å². The molecule has 14 aromatic rings. The van der Waals surface area contributed by atoms with E-state index < -0.39 is 0 Å². The molecule has 0 aliphatic rings. The summed E-state index contributed by atoms with van der Waals surface area (Å²) >= 11 is 0. The zero-order valence-electron chi connectivity index (χ0n) is 43.5. The lowest BCUT2D eigenvalue weighted by Gasteiger charge is -2.12. The molecule has 0 radical (unpaired) electrons. The van der Waals surface area contributed by atoms with E-state index in [9.17, 15) is 0 Å². The van der Waals surface area contributed by atoms with Crippen molar-refractivity contribution >= 4 is 43.5 Å². The topological polar surface area (TPSA) is 87.2 Å². The van der Waals surface area contributed by atoms with Crippen LogP contribution in [0, 0.1) is 6.92 Å². The summed E-state index contributed by atoms with van der Waals surface area (Å²) in [6.07, 6.45) is 5.46. The van der Waals surface area contributed by atoms with Crippen molar-refractivity contribution in [2.75, 3.05) is 0 Å². The molecule has 8 nitrogen and oxygen atoms in total. The van der Waals surface area contributed by atoms with E-state index in [2.05, 4.69) is 177 Å². The first-order valence-electron chi connectivity index (χ1n) is 26.2. The lowest BCUT2D eigenvalue weighted by atomic mass is 10.0. The molecule has 14 rings (SSSR count). The van der Waals surface area contributed by atoms with Crippen LogP contribution in [0.3, 0.4) is 0 Å². The van der Waals surface area contributed by atoms with Gasteiger partial charge in [0.2, 0.25) is 0 Å². The molecule has 0 spiro atoms. The average Bonchev–Trinajstić information content (AvgIpc) is 4.27. The van der Waals surface area contributed by atoms with Gasteiger partial charge < -0.3 is 9.13 Å². The molecule has 0 aliphatic heterocycles. The largest absolute Gasteiger partial charge is 0.317 e. The Bertz CT molecular complexity index is 4320. The molecular weight excluding hydrogens is 965 g/mol. The highest BCUT2D eigenvalue weighted by atomic mass is 15.0. The molecule has 8 heteroatoms. The van der Waals surface area contributed by atoms with E-state index in [1.165, 1.54) is 43.5 Å². The maximum Gasteiger partial charge on any atom is 0.164 e. The van der Waals surface area contributed by atoms with Crippen LogP contribution >= 0.6 is 0 Å². The number of benzene rings is 10. The second-order valence-corrected chi connectivity index (χ2v) is 18.9. The monoisotopic (exact) mass is 1020 g/mol. The molecule has 0 unspecified atom stereocenters. The number of para-hydroxylation sites is 2. The third-order valence-corrected chi connectivity index (χ3v) is 13.8. The maximum atomic E-state index is 4.95. The highest BCUT2D eigenvalue weighted by Gasteiger charge is 2.18. The Kier molecular flexibility index (Phi) is 13.9. The van der Waals surface area contributed by atoms with Gasteiger partial charge in [-0.3, -0.25) is 0 Å². The van der Waals surface area contributed by atoms with Crippen molar-refractivity contribution in [3.63, 3.8) is 0 Å². The van der Waals surface area contributed by atoms with Crippen LogP contribution in [0.1, 0.15) is 5.82 Å². The lowest BCUT2D eigenvalue weighted by molar-refractivity contribution is 0.992. The standard InChI is InChI=1S/C51H33N5.C16H13N3.C4H6/c1-4-13-35(14-5-1)49-52-50(36-15-6-2-7-16-36)54-51(53-49)40-18-12-17-37(31-40)34-23-26-41(27-24-34)55-30-29-39-32-45-38(33-47(39)55)25-28-44-43-21-10-11-22-46(43)56(48(44)45)42-19-8-3-9-20-42;1-12-17-15(13-8-4-2-5-9-13)19-16(18-12)14-10-6-3-7-11-14;1-3-4-2/h1-33H;2-11H,1H3;3-4H,1-2H2. The predicted molar refractivity (Wildman–Crippen MR) is 326 cm³/mol. The van der Waals surface area contributed by atoms with Crippen molar-refractivity contribution in [2.45, 2.75) is 6.92 Å². The van der Waals surface area contributed by atoms with Gasteiger partial charge in [-0.05, 0) is 78.0 Å². The van der Waals surface area contributed by atoms with Gasteiger partial charge in [0, 0.05) is 66.9 Å². The van der Waals surface area contributed by atoms with Gasteiger partial charge in [-0.15, -0.1) is 0 Å². The SMILES string of the molecule is C=CC=C.Cc1nc(-c2ccccc2)nc(-c2ccccc2)n1.c1ccc(-c2nc(-c3ccccc3)nc(-c3cccc(-c4ccc(-n5ccc6cc7c(ccc8c9ccccc9n(-c9ccccc9)c78)cc65)cc4)c3)n2)cc1. The Labute approximate surface area is 458 Å². The third kappa shape index (κ3) is 10.3. The van der Waals surface area contributed by atoms with E-state index >= 15 is 0 Å². The highest BCUT2D eigenvalue weighted by molar-refractivity contribution is 6.20. The number of aryl methyl sites for hydroxylation is 1. The zero-order valence-corrected chi connectivity index (χ0v) is 43.5. The number of aromatic nitrogens is 8. The first-order valence-corrected chi connectivity index (χ1v) is 26.2. The van der Waals surface area contributed by atoms with Crippen molar-refractivity contribution in [3.8, 4) is 79.4 Å². The highest BCUT2D eigenvalue weighted by Crippen LogP contribution is 2.39. The fourth-order valence-corrected chi connectivity index (χ4v) is 9.99. The van der Waals surface area contributed by atoms with Crippen LogP contribution in [-0.4, -0.2) is 39.0 Å². The number of hydrogen-bond acceptors (Lipinski definition) is 6. The van der Waals surface area contributed by atoms with Crippen LogP contribution in [0.2, 0.25) is 0 Å². The fourth-order valence-electron chi connectivity index (χ4n) is 9.99. The van der Waals surface area contributed by atoms with Gasteiger partial charge in [0.25, 0.3) is 0 Å². The summed E-state index contributed by atoms with van der Waals surface area (Å²) in [5.41, 5.74) is 13.0. The third-order valence-electron chi connectivity index (χ3n) is 13.8. The minimum absolute atomic E-state index is 0.642. The Morgan fingerprint density at radius 2 is 0.785 bits per heavy atom. The van der Waals surface area contributed by atoms with Crippen LogP contribution in [0.15, 0.2) is 286 Å². The molecule has 79 heavy (non-hydrogen) atoms. The van der Waals surface area contributed by atoms with E-state index in [0.29, 0.717) is 29.1 Å². The normalized spacial score (nSPS) is 10.9. The molecule has 376 valence electrons. The Balaban J connectivity index is 0.000000226. The van der Waals surface area contributed by atoms with E-state index in [1.807, 2.05) is 128 Å². The van der Waals surface area contributed by atoms with E-state index in [4.69, 9.17) is 15.0 Å². The summed E-state index contributed by atoms with van der Waals surface area (Å²) in [7, 11) is 0. The Hall–Kier alpha value is -10.7. The van der Waals surface area contributed by atoms with Crippen molar-refractivity contribution in [1.29, 1.82) is 0 Å². The molecule has 4 heterocycles. The summed E-state index contributed by atoms with van der Waals surface area (Å²) < 4.78 is 4.70. The van der Waals surface area contributed by atoms with Crippen molar-refractivity contribution in [3.05, 3.63) is 292 Å². The molecule has 0 saturated carbocycles. The molecule has 0 N–H and O–H groups in total. The predicted octanol–water partition coefficient (Wildman–Crippen LogP) is 17.6. The summed E-state index contributed by atoms with van der Waals surface area (Å²) in [5.74, 6) is 4.10. The molecule has 10 aromatic carbocycles. The van der Waals surface area contributed by atoms with E-state index in [1.54, 1.807) is 12.2 Å². The number of nitrogens with zero attached hydrogens (tertiary/aromatic N) is 8. The Morgan fingerprint density at radius 1 is 0.316 bits per heavy atom. The van der Waals surface area contributed by atoms with Crippen molar-refractivity contribution in [2.24, 2.45) is 0 Å². The molecule has 0 amide bonds. The average molecular weight is 1020 g/mol. The molecule has 4 aromatic heterocycles. The number of allylic oxidation sites excluding steroid dienone is 2. The van der Waals surface area contributed by atoms with Crippen molar-refractivity contribution < 1.29 is 0 Å². The number of hydrogen-bond donors (Lipinski definition) is 0. The summed E-state index contributed by atoms with van der Waals surface area (Å²) in [6, 6.07) is 88.2. The maximum absolute atomic E-state index is 4.95. The van der Waals surface area contributed by atoms with Gasteiger partial charge >= 0.3 is 0 Å². The quantitative estimate of drug-likeness (QED) is 0.134. The second-order valence-electron chi connectivity index (χ2n) is 18.9. The minimum Gasteiger partial charge on any atom is -0.317 e. The zero-order chi connectivity index (χ0) is 53.5. The number of fused-ring (bicyclic) bond motifs is 6. The van der Waals surface area contributed by atoms with Crippen LogP contribution in [0.25, 0.3) is 123 Å². The van der Waals surface area contributed by atoms with Gasteiger partial charge in [-0.1, -0.05) is 226 Å². The van der Waals surface area contributed by atoms with Crippen molar-refractivity contribution in [1.82, 2.24) is 39.0 Å². The lowest BCUT2D eigenvalue weighted by Crippen LogP contribution is -2.00. The van der Waals surface area contributed by atoms with Gasteiger partial charge in [0.1, 0.15) is 5.82 Å². The Morgan fingerprint density at radius 3 is 1.33 bits per heavy atom. The van der Waals surface area contributed by atoms with E-state index in [0.717, 1.165) is 56.1 Å². The molecule has 0 aliphatic carbocycles. The van der Waals surface area contributed by atoms with Gasteiger partial charge in [0.05, 0.1) is 16.6 Å². The first-order chi connectivity index (χ1) is 39.0.